The summed E-state index contributed by atoms with van der Waals surface area (Å²) in [5.41, 5.74) is -4.30. The van der Waals surface area contributed by atoms with Crippen LogP contribution in [0.1, 0.15) is 30.4 Å². The fourth-order valence-electron chi connectivity index (χ4n) is 3.51. The standard InChI is InChI=1S/C22H16F14O/c1-12(13-5-3-2-4-6-13)16(37,14-7-9-15(23)10-8-14)11-17(24,25)18(26,27)19(28,29)20(30,31)21(32,33)22(34,35)36/h2-10,12,37H,11H2,1H3. The number of hydrogen-bond donors (Lipinski definition) is 1. The SMILES string of the molecule is CC(c1ccccc1)C(O)(CC(F)(F)C(F)(F)C(F)(F)C(F)(F)C(F)(F)C(F)(F)F)c1ccc(F)cc1. The molecule has 0 aromatic heterocycles. The maximum absolute atomic E-state index is 14.7. The summed E-state index contributed by atoms with van der Waals surface area (Å²) in [5, 5.41) is 11.1. The first kappa shape index (κ1) is 30.6. The Morgan fingerprint density at radius 2 is 1.05 bits per heavy atom. The van der Waals surface area contributed by atoms with Crippen LogP contribution in [-0.2, 0) is 5.60 Å². The molecule has 208 valence electrons. The average molecular weight is 562 g/mol. The third-order valence-corrected chi connectivity index (χ3v) is 5.85. The van der Waals surface area contributed by atoms with E-state index < -0.39 is 65.1 Å². The zero-order chi connectivity index (χ0) is 28.9. The molecule has 2 unspecified atom stereocenters. The van der Waals surface area contributed by atoms with Gasteiger partial charge in [0.15, 0.2) is 0 Å². The Hall–Kier alpha value is -2.58. The first-order valence-electron chi connectivity index (χ1n) is 9.96. The average Bonchev–Trinajstić information content (AvgIpc) is 2.77. The second kappa shape index (κ2) is 9.31. The van der Waals surface area contributed by atoms with E-state index >= 15 is 0 Å². The molecule has 0 saturated carbocycles. The monoisotopic (exact) mass is 562 g/mol. The molecule has 0 heterocycles. The summed E-state index contributed by atoms with van der Waals surface area (Å²) in [7, 11) is 0. The van der Waals surface area contributed by atoms with Crippen molar-refractivity contribution in [1.82, 2.24) is 0 Å². The van der Waals surface area contributed by atoms with Gasteiger partial charge in [-0.05, 0) is 23.3 Å². The molecule has 15 heteroatoms. The van der Waals surface area contributed by atoms with E-state index in [0.717, 1.165) is 19.1 Å². The Labute approximate surface area is 199 Å². The molecule has 1 N–H and O–H groups in total. The second-order valence-corrected chi connectivity index (χ2v) is 8.24. The lowest BCUT2D eigenvalue weighted by Gasteiger charge is -2.43. The number of benzene rings is 2. The van der Waals surface area contributed by atoms with Crippen molar-refractivity contribution >= 4 is 0 Å². The van der Waals surface area contributed by atoms with Gasteiger partial charge in [-0.25, -0.2) is 4.39 Å². The van der Waals surface area contributed by atoms with E-state index in [1.165, 1.54) is 18.2 Å². The van der Waals surface area contributed by atoms with Gasteiger partial charge in [0.1, 0.15) is 11.4 Å². The van der Waals surface area contributed by atoms with Gasteiger partial charge in [-0.15, -0.1) is 0 Å². The summed E-state index contributed by atoms with van der Waals surface area (Å²) in [6.07, 6.45) is -10.4. The number of alkyl halides is 13. The maximum Gasteiger partial charge on any atom is 0.460 e. The fraction of sp³-hybridized carbons (Fsp3) is 0.455. The largest absolute Gasteiger partial charge is 0.460 e. The van der Waals surface area contributed by atoms with Crippen molar-refractivity contribution in [2.24, 2.45) is 0 Å². The normalized spacial score (nSPS) is 16.9. The zero-order valence-electron chi connectivity index (χ0n) is 18.2. The minimum atomic E-state index is -8.05. The van der Waals surface area contributed by atoms with Gasteiger partial charge in [0.25, 0.3) is 0 Å². The van der Waals surface area contributed by atoms with Gasteiger partial charge in [0.05, 0.1) is 6.42 Å². The summed E-state index contributed by atoms with van der Waals surface area (Å²) in [4.78, 5) is 0. The third-order valence-electron chi connectivity index (χ3n) is 5.85. The van der Waals surface area contributed by atoms with Crippen molar-refractivity contribution in [3.63, 3.8) is 0 Å². The molecule has 0 amide bonds. The molecule has 37 heavy (non-hydrogen) atoms. The topological polar surface area (TPSA) is 20.2 Å². The highest BCUT2D eigenvalue weighted by Crippen LogP contribution is 2.62. The number of halogens is 14. The lowest BCUT2D eigenvalue weighted by molar-refractivity contribution is -0.441. The quantitative estimate of drug-likeness (QED) is 0.308. The molecule has 2 atom stereocenters. The number of aliphatic hydroxyl groups is 1. The molecule has 0 aliphatic heterocycles. The van der Waals surface area contributed by atoms with Gasteiger partial charge in [0.2, 0.25) is 0 Å². The van der Waals surface area contributed by atoms with E-state index in [-0.39, 0.29) is 5.56 Å². The smallest absolute Gasteiger partial charge is 0.384 e. The first-order chi connectivity index (χ1) is 16.5. The summed E-state index contributed by atoms with van der Waals surface area (Å²) < 4.78 is 190. The molecule has 0 aliphatic carbocycles. The molecule has 0 saturated heterocycles. The minimum absolute atomic E-state index is 0.103. The number of rotatable bonds is 9. The summed E-state index contributed by atoms with van der Waals surface area (Å²) in [6, 6.07) is 8.49. The van der Waals surface area contributed by atoms with Gasteiger partial charge < -0.3 is 5.11 Å². The van der Waals surface area contributed by atoms with E-state index in [1.54, 1.807) is 0 Å². The van der Waals surface area contributed by atoms with Crippen molar-refractivity contribution in [2.45, 2.75) is 60.7 Å². The Kier molecular flexibility index (Phi) is 7.71. The van der Waals surface area contributed by atoms with Crippen molar-refractivity contribution in [3.05, 3.63) is 71.5 Å². The fourth-order valence-corrected chi connectivity index (χ4v) is 3.51. The summed E-state index contributed by atoms with van der Waals surface area (Å²) >= 11 is 0. The van der Waals surface area contributed by atoms with Crippen LogP contribution in [0, 0.1) is 5.82 Å². The molecule has 0 bridgehead atoms. The third kappa shape index (κ3) is 4.86. The summed E-state index contributed by atoms with van der Waals surface area (Å²) in [6.45, 7) is 0.914. The van der Waals surface area contributed by atoms with Crippen LogP contribution in [0.4, 0.5) is 61.5 Å². The number of hydrogen-bond acceptors (Lipinski definition) is 1. The lowest BCUT2D eigenvalue weighted by Crippen LogP contribution is -2.70. The van der Waals surface area contributed by atoms with Crippen LogP contribution in [0.5, 0.6) is 0 Å². The van der Waals surface area contributed by atoms with Crippen molar-refractivity contribution < 1.29 is 66.6 Å². The first-order valence-corrected chi connectivity index (χ1v) is 9.96. The van der Waals surface area contributed by atoms with Crippen LogP contribution in [-0.4, -0.2) is 40.9 Å². The minimum Gasteiger partial charge on any atom is -0.384 e. The van der Waals surface area contributed by atoms with Crippen LogP contribution < -0.4 is 0 Å². The van der Waals surface area contributed by atoms with E-state index in [9.17, 15) is 66.6 Å². The van der Waals surface area contributed by atoms with Crippen LogP contribution in [0.25, 0.3) is 0 Å². The predicted octanol–water partition coefficient (Wildman–Crippen LogP) is 7.95. The van der Waals surface area contributed by atoms with Crippen LogP contribution in [0.3, 0.4) is 0 Å². The summed E-state index contributed by atoms with van der Waals surface area (Å²) in [5.74, 6) is -40.8. The second-order valence-electron chi connectivity index (χ2n) is 8.24. The van der Waals surface area contributed by atoms with Crippen LogP contribution in [0.2, 0.25) is 0 Å². The molecule has 0 radical (unpaired) electrons. The molecule has 0 fully saturated rings. The van der Waals surface area contributed by atoms with E-state index in [2.05, 4.69) is 0 Å². The van der Waals surface area contributed by atoms with Gasteiger partial charge >= 0.3 is 35.8 Å². The van der Waals surface area contributed by atoms with Crippen LogP contribution >= 0.6 is 0 Å². The molecule has 2 aromatic carbocycles. The molecule has 2 rings (SSSR count). The van der Waals surface area contributed by atoms with E-state index in [0.29, 0.717) is 24.3 Å². The Morgan fingerprint density at radius 3 is 1.49 bits per heavy atom. The molecule has 1 nitrogen and oxygen atoms in total. The van der Waals surface area contributed by atoms with Gasteiger partial charge in [-0.1, -0.05) is 49.4 Å². The van der Waals surface area contributed by atoms with Gasteiger partial charge in [-0.2, -0.15) is 57.1 Å². The maximum atomic E-state index is 14.7. The Morgan fingerprint density at radius 1 is 0.622 bits per heavy atom. The molecule has 2 aromatic rings. The highest BCUT2D eigenvalue weighted by molar-refractivity contribution is 5.32. The molecule has 0 spiro atoms. The highest BCUT2D eigenvalue weighted by Gasteiger charge is 2.90. The highest BCUT2D eigenvalue weighted by atomic mass is 19.4. The lowest BCUT2D eigenvalue weighted by atomic mass is 9.73. The Balaban J connectivity index is 2.67. The molecular weight excluding hydrogens is 546 g/mol. The van der Waals surface area contributed by atoms with Crippen molar-refractivity contribution in [3.8, 4) is 0 Å². The molecular formula is C22H16F14O. The molecule has 0 aliphatic rings. The predicted molar refractivity (Wildman–Crippen MR) is 101 cm³/mol. The van der Waals surface area contributed by atoms with E-state index in [4.69, 9.17) is 0 Å². The van der Waals surface area contributed by atoms with Crippen molar-refractivity contribution in [2.75, 3.05) is 0 Å². The van der Waals surface area contributed by atoms with Gasteiger partial charge in [0, 0.05) is 5.92 Å². The van der Waals surface area contributed by atoms with E-state index in [1.807, 2.05) is 0 Å². The van der Waals surface area contributed by atoms with Gasteiger partial charge in [-0.3, -0.25) is 0 Å². The Bertz CT molecular complexity index is 1060. The zero-order valence-corrected chi connectivity index (χ0v) is 18.2. The van der Waals surface area contributed by atoms with Crippen molar-refractivity contribution in [1.29, 1.82) is 0 Å². The van der Waals surface area contributed by atoms with Crippen LogP contribution in [0.15, 0.2) is 54.6 Å².